The molecule has 1 rings (SSSR count). The van der Waals surface area contributed by atoms with Gasteiger partial charge in [-0.15, -0.1) is 0 Å². The van der Waals surface area contributed by atoms with Crippen LogP contribution in [0.5, 0.6) is 0 Å². The molecule has 0 radical (unpaired) electrons. The van der Waals surface area contributed by atoms with Crippen molar-refractivity contribution in [2.24, 2.45) is 5.92 Å². The quantitative estimate of drug-likeness (QED) is 0.607. The Balaban J connectivity index is 2.29. The number of carbonyl (C=O) groups is 1. The predicted molar refractivity (Wildman–Crippen MR) is 51.5 cm³/mol. The fraction of sp³-hybridized carbons (Fsp3) is 0.900. The van der Waals surface area contributed by atoms with Crippen LogP contribution in [0.1, 0.15) is 25.7 Å². The molecule has 3 nitrogen and oxygen atoms in total. The predicted octanol–water partition coefficient (Wildman–Crippen LogP) is 1.28. The molecule has 0 aromatic carbocycles. The lowest BCUT2D eigenvalue weighted by atomic mass is 9.97. The van der Waals surface area contributed by atoms with Crippen molar-refractivity contribution in [3.63, 3.8) is 0 Å². The van der Waals surface area contributed by atoms with Crippen LogP contribution in [0.4, 0.5) is 0 Å². The summed E-state index contributed by atoms with van der Waals surface area (Å²) in [5.74, 6) is 0.479. The molecule has 0 saturated carbocycles. The monoisotopic (exact) mass is 185 g/mol. The molecule has 1 aliphatic heterocycles. The third-order valence-electron chi connectivity index (χ3n) is 2.75. The van der Waals surface area contributed by atoms with Crippen molar-refractivity contribution in [2.45, 2.75) is 25.7 Å². The molecule has 76 valence electrons. The summed E-state index contributed by atoms with van der Waals surface area (Å²) in [5.41, 5.74) is 0. The highest BCUT2D eigenvalue weighted by Gasteiger charge is 2.17. The summed E-state index contributed by atoms with van der Waals surface area (Å²) >= 11 is 0. The third kappa shape index (κ3) is 3.77. The molecule has 0 bridgehead atoms. The van der Waals surface area contributed by atoms with Gasteiger partial charge in [0.1, 0.15) is 0 Å². The Morgan fingerprint density at radius 1 is 1.46 bits per heavy atom. The molecule has 1 saturated heterocycles. The SMILES string of the molecule is COC(=O)CC1CCCN(C)CC1. The number of hydrogen-bond donors (Lipinski definition) is 0. The molecule has 1 unspecified atom stereocenters. The maximum absolute atomic E-state index is 11.0. The van der Waals surface area contributed by atoms with Crippen LogP contribution >= 0.6 is 0 Å². The summed E-state index contributed by atoms with van der Waals surface area (Å²) < 4.78 is 4.67. The van der Waals surface area contributed by atoms with Crippen LogP contribution in [0.3, 0.4) is 0 Å². The number of ether oxygens (including phenoxy) is 1. The largest absolute Gasteiger partial charge is 0.469 e. The van der Waals surface area contributed by atoms with Gasteiger partial charge < -0.3 is 9.64 Å². The maximum atomic E-state index is 11.0. The van der Waals surface area contributed by atoms with E-state index in [1.54, 1.807) is 0 Å². The highest BCUT2D eigenvalue weighted by Crippen LogP contribution is 2.20. The standard InChI is InChI=1S/C10H19NO2/c1-11-6-3-4-9(5-7-11)8-10(12)13-2/h9H,3-8H2,1-2H3. The van der Waals surface area contributed by atoms with Gasteiger partial charge in [0, 0.05) is 6.42 Å². The van der Waals surface area contributed by atoms with Crippen LogP contribution < -0.4 is 0 Å². The molecule has 13 heavy (non-hydrogen) atoms. The van der Waals surface area contributed by atoms with E-state index in [0.29, 0.717) is 12.3 Å². The van der Waals surface area contributed by atoms with Gasteiger partial charge >= 0.3 is 5.97 Å². The molecule has 1 aliphatic rings. The topological polar surface area (TPSA) is 29.5 Å². The first-order chi connectivity index (χ1) is 6.22. The molecular formula is C10H19NO2. The smallest absolute Gasteiger partial charge is 0.305 e. The van der Waals surface area contributed by atoms with E-state index in [0.717, 1.165) is 19.5 Å². The normalized spacial score (nSPS) is 25.2. The van der Waals surface area contributed by atoms with Crippen molar-refractivity contribution < 1.29 is 9.53 Å². The summed E-state index contributed by atoms with van der Waals surface area (Å²) in [7, 11) is 3.60. The van der Waals surface area contributed by atoms with Gasteiger partial charge in [0.05, 0.1) is 7.11 Å². The molecular weight excluding hydrogens is 166 g/mol. The first kappa shape index (κ1) is 10.5. The number of nitrogens with zero attached hydrogens (tertiary/aromatic N) is 1. The van der Waals surface area contributed by atoms with Crippen molar-refractivity contribution in [2.75, 3.05) is 27.2 Å². The molecule has 3 heteroatoms. The lowest BCUT2D eigenvalue weighted by Crippen LogP contribution is -2.19. The van der Waals surface area contributed by atoms with Crippen molar-refractivity contribution in [1.29, 1.82) is 0 Å². The van der Waals surface area contributed by atoms with Gasteiger partial charge in [0.25, 0.3) is 0 Å². The zero-order valence-electron chi connectivity index (χ0n) is 8.58. The zero-order chi connectivity index (χ0) is 9.68. The van der Waals surface area contributed by atoms with Crippen molar-refractivity contribution in [3.8, 4) is 0 Å². The summed E-state index contributed by atoms with van der Waals surface area (Å²) in [6, 6.07) is 0. The summed E-state index contributed by atoms with van der Waals surface area (Å²) in [4.78, 5) is 13.4. The Kier molecular flexibility index (Phi) is 4.22. The average molecular weight is 185 g/mol. The molecule has 0 spiro atoms. The van der Waals surface area contributed by atoms with Crippen molar-refractivity contribution in [1.82, 2.24) is 4.90 Å². The van der Waals surface area contributed by atoms with Crippen LogP contribution in [0.25, 0.3) is 0 Å². The van der Waals surface area contributed by atoms with Gasteiger partial charge in [-0.1, -0.05) is 0 Å². The Hall–Kier alpha value is -0.570. The number of methoxy groups -OCH3 is 1. The van der Waals surface area contributed by atoms with Gasteiger partial charge in [0.2, 0.25) is 0 Å². The molecule has 1 atom stereocenters. The first-order valence-corrected chi connectivity index (χ1v) is 4.97. The minimum atomic E-state index is -0.0606. The minimum Gasteiger partial charge on any atom is -0.469 e. The van der Waals surface area contributed by atoms with E-state index in [-0.39, 0.29) is 5.97 Å². The first-order valence-electron chi connectivity index (χ1n) is 4.97. The number of hydrogen-bond acceptors (Lipinski definition) is 3. The minimum absolute atomic E-state index is 0.0606. The van der Waals surface area contributed by atoms with Gasteiger partial charge in [0.15, 0.2) is 0 Å². The Morgan fingerprint density at radius 3 is 2.92 bits per heavy atom. The summed E-state index contributed by atoms with van der Waals surface area (Å²) in [5, 5.41) is 0. The average Bonchev–Trinajstić information content (AvgIpc) is 2.31. The van der Waals surface area contributed by atoms with E-state index in [1.807, 2.05) is 0 Å². The second-order valence-electron chi connectivity index (χ2n) is 3.88. The van der Waals surface area contributed by atoms with Crippen LogP contribution in [0.15, 0.2) is 0 Å². The highest BCUT2D eigenvalue weighted by atomic mass is 16.5. The van der Waals surface area contributed by atoms with Crippen LogP contribution in [-0.2, 0) is 9.53 Å². The Bertz CT molecular complexity index is 170. The summed E-state index contributed by atoms with van der Waals surface area (Å²) in [6.07, 6.45) is 4.10. The highest BCUT2D eigenvalue weighted by molar-refractivity contribution is 5.69. The van der Waals surface area contributed by atoms with E-state index in [9.17, 15) is 4.79 Å². The fourth-order valence-corrected chi connectivity index (χ4v) is 1.83. The van der Waals surface area contributed by atoms with E-state index >= 15 is 0 Å². The number of carbonyl (C=O) groups excluding carboxylic acids is 1. The molecule has 1 fully saturated rings. The van der Waals surface area contributed by atoms with E-state index in [1.165, 1.54) is 20.0 Å². The van der Waals surface area contributed by atoms with Crippen LogP contribution in [0.2, 0.25) is 0 Å². The van der Waals surface area contributed by atoms with Crippen molar-refractivity contribution in [3.05, 3.63) is 0 Å². The third-order valence-corrected chi connectivity index (χ3v) is 2.75. The molecule has 0 aromatic heterocycles. The Morgan fingerprint density at radius 2 is 2.23 bits per heavy atom. The molecule has 0 aliphatic carbocycles. The summed E-state index contributed by atoms with van der Waals surface area (Å²) in [6.45, 7) is 2.28. The molecule has 1 heterocycles. The number of rotatable bonds is 2. The molecule has 0 N–H and O–H groups in total. The van der Waals surface area contributed by atoms with Crippen LogP contribution in [-0.4, -0.2) is 38.1 Å². The molecule has 0 aromatic rings. The second kappa shape index (κ2) is 5.22. The number of likely N-dealkylation sites (tertiary alicyclic amines) is 1. The van der Waals surface area contributed by atoms with E-state index in [4.69, 9.17) is 0 Å². The zero-order valence-corrected chi connectivity index (χ0v) is 8.58. The van der Waals surface area contributed by atoms with Crippen molar-refractivity contribution >= 4 is 5.97 Å². The van der Waals surface area contributed by atoms with Gasteiger partial charge in [-0.05, 0) is 45.3 Å². The fourth-order valence-electron chi connectivity index (χ4n) is 1.83. The van der Waals surface area contributed by atoms with Gasteiger partial charge in [-0.3, -0.25) is 4.79 Å². The number of esters is 1. The van der Waals surface area contributed by atoms with E-state index < -0.39 is 0 Å². The van der Waals surface area contributed by atoms with Crippen LogP contribution in [0, 0.1) is 5.92 Å². The van der Waals surface area contributed by atoms with Gasteiger partial charge in [-0.2, -0.15) is 0 Å². The van der Waals surface area contributed by atoms with E-state index in [2.05, 4.69) is 16.7 Å². The maximum Gasteiger partial charge on any atom is 0.305 e. The Labute approximate surface area is 80.1 Å². The van der Waals surface area contributed by atoms with Gasteiger partial charge in [-0.25, -0.2) is 0 Å². The molecule has 0 amide bonds. The second-order valence-corrected chi connectivity index (χ2v) is 3.88. The lowest BCUT2D eigenvalue weighted by molar-refractivity contribution is -0.141. The lowest BCUT2D eigenvalue weighted by Gasteiger charge is -2.13.